The second-order valence-electron chi connectivity index (χ2n) is 3.56. The van der Waals surface area contributed by atoms with Crippen LogP contribution < -0.4 is 5.73 Å². The smallest absolute Gasteiger partial charge is 0.317 e. The lowest BCUT2D eigenvalue weighted by molar-refractivity contribution is -0.384. The molecule has 0 spiro atoms. The average molecular weight is 248 g/mol. The number of nitrogen functional groups attached to an aromatic ring is 1. The summed E-state index contributed by atoms with van der Waals surface area (Å²) in [6.45, 7) is 1.71. The van der Waals surface area contributed by atoms with Gasteiger partial charge < -0.3 is 10.5 Å². The summed E-state index contributed by atoms with van der Waals surface area (Å²) < 4.78 is 4.42. The summed E-state index contributed by atoms with van der Waals surface area (Å²) >= 11 is 0. The number of nitro benzene ring substituents is 1. The fourth-order valence-electron chi connectivity index (χ4n) is 1.32. The Bertz CT molecular complexity index is 555. The Morgan fingerprint density at radius 2 is 2.22 bits per heavy atom. The van der Waals surface area contributed by atoms with Crippen LogP contribution in [0.1, 0.15) is 17.5 Å². The molecular weight excluding hydrogens is 236 g/mol. The Morgan fingerprint density at radius 1 is 1.56 bits per heavy atom. The molecule has 6 heteroatoms. The molecule has 0 atom stereocenters. The minimum atomic E-state index is -0.562. The number of carbonyl (C=O) groups excluding carboxylic acids is 1. The van der Waals surface area contributed by atoms with Crippen LogP contribution in [0.15, 0.2) is 12.1 Å². The van der Waals surface area contributed by atoms with Crippen LogP contribution in [0.4, 0.5) is 11.4 Å². The van der Waals surface area contributed by atoms with Crippen molar-refractivity contribution in [3.8, 4) is 11.8 Å². The van der Waals surface area contributed by atoms with Crippen LogP contribution in [0.3, 0.4) is 0 Å². The van der Waals surface area contributed by atoms with Crippen molar-refractivity contribution >= 4 is 17.3 Å². The van der Waals surface area contributed by atoms with E-state index in [-0.39, 0.29) is 17.8 Å². The molecule has 2 N–H and O–H groups in total. The largest absolute Gasteiger partial charge is 0.468 e. The number of esters is 1. The predicted molar refractivity (Wildman–Crippen MR) is 65.8 cm³/mol. The van der Waals surface area contributed by atoms with E-state index >= 15 is 0 Å². The molecule has 1 aromatic carbocycles. The maximum absolute atomic E-state index is 10.9. The first-order valence-electron chi connectivity index (χ1n) is 5.06. The van der Waals surface area contributed by atoms with Crippen molar-refractivity contribution in [1.82, 2.24) is 0 Å². The second-order valence-corrected chi connectivity index (χ2v) is 3.56. The lowest BCUT2D eigenvalue weighted by atomic mass is 10.1. The van der Waals surface area contributed by atoms with E-state index in [4.69, 9.17) is 5.73 Å². The molecule has 0 saturated carbocycles. The van der Waals surface area contributed by atoms with Gasteiger partial charge in [-0.25, -0.2) is 0 Å². The Kier molecular flexibility index (Phi) is 4.27. The first-order chi connectivity index (χ1) is 8.45. The number of hydrogen-bond donors (Lipinski definition) is 1. The van der Waals surface area contributed by atoms with Crippen LogP contribution in [-0.2, 0) is 9.53 Å². The number of aryl methyl sites for hydroxylation is 1. The molecule has 0 fully saturated rings. The quantitative estimate of drug-likeness (QED) is 0.280. The van der Waals surface area contributed by atoms with E-state index in [1.165, 1.54) is 13.2 Å². The third-order valence-corrected chi connectivity index (χ3v) is 2.18. The molecule has 1 rings (SSSR count). The molecule has 0 aliphatic carbocycles. The van der Waals surface area contributed by atoms with E-state index in [1.54, 1.807) is 13.0 Å². The summed E-state index contributed by atoms with van der Waals surface area (Å²) in [5.74, 6) is 4.72. The van der Waals surface area contributed by atoms with E-state index in [0.717, 1.165) is 0 Å². The van der Waals surface area contributed by atoms with Crippen molar-refractivity contribution in [1.29, 1.82) is 0 Å². The highest BCUT2D eigenvalue weighted by Gasteiger charge is 2.14. The van der Waals surface area contributed by atoms with Crippen molar-refractivity contribution in [2.24, 2.45) is 0 Å². The van der Waals surface area contributed by atoms with Gasteiger partial charge in [0, 0.05) is 6.07 Å². The van der Waals surface area contributed by atoms with Crippen LogP contribution >= 0.6 is 0 Å². The van der Waals surface area contributed by atoms with Crippen LogP contribution in [0.25, 0.3) is 0 Å². The molecule has 0 amide bonds. The molecule has 94 valence electrons. The summed E-state index contributed by atoms with van der Waals surface area (Å²) in [6.07, 6.45) is -0.0856. The molecule has 6 nitrogen and oxygen atoms in total. The third-order valence-electron chi connectivity index (χ3n) is 2.18. The maximum Gasteiger partial charge on any atom is 0.317 e. The number of benzene rings is 1. The molecule has 0 radical (unpaired) electrons. The van der Waals surface area contributed by atoms with Gasteiger partial charge in [0.25, 0.3) is 5.69 Å². The van der Waals surface area contributed by atoms with Crippen molar-refractivity contribution in [2.45, 2.75) is 13.3 Å². The number of nitro groups is 1. The summed E-state index contributed by atoms with van der Waals surface area (Å²) in [6, 6.07) is 3.01. The SMILES string of the molecule is COC(=O)CC#Cc1cc(C)cc([N+](=O)[O-])c1N. The Morgan fingerprint density at radius 3 is 2.78 bits per heavy atom. The topological polar surface area (TPSA) is 95.5 Å². The van der Waals surface area contributed by atoms with E-state index in [9.17, 15) is 14.9 Å². The standard InChI is InChI=1S/C12H12N2O4/c1-8-6-9(4-3-5-11(15)18-2)12(13)10(7-8)14(16)17/h6-7H,5,13H2,1-2H3. The first kappa shape index (κ1) is 13.5. The number of carbonyl (C=O) groups is 1. The molecule has 0 aromatic heterocycles. The van der Waals surface area contributed by atoms with Gasteiger partial charge in [-0.1, -0.05) is 11.8 Å². The summed E-state index contributed by atoms with van der Waals surface area (Å²) in [5, 5.41) is 10.8. The lowest BCUT2D eigenvalue weighted by Gasteiger charge is -2.02. The van der Waals surface area contributed by atoms with Gasteiger partial charge in [-0.3, -0.25) is 14.9 Å². The van der Waals surface area contributed by atoms with Gasteiger partial charge in [-0.15, -0.1) is 0 Å². The second kappa shape index (κ2) is 5.68. The minimum absolute atomic E-state index is 0.00275. The molecule has 0 heterocycles. The lowest BCUT2D eigenvalue weighted by Crippen LogP contribution is -2.00. The molecule has 0 unspecified atom stereocenters. The fourth-order valence-corrected chi connectivity index (χ4v) is 1.32. The Hall–Kier alpha value is -2.55. The molecule has 18 heavy (non-hydrogen) atoms. The summed E-state index contributed by atoms with van der Waals surface area (Å²) in [4.78, 5) is 21.1. The van der Waals surface area contributed by atoms with Crippen LogP contribution in [0.5, 0.6) is 0 Å². The number of ether oxygens (including phenoxy) is 1. The van der Waals surface area contributed by atoms with Crippen LogP contribution in [0.2, 0.25) is 0 Å². The third kappa shape index (κ3) is 3.22. The molecule has 0 aliphatic heterocycles. The fraction of sp³-hybridized carbons (Fsp3) is 0.250. The van der Waals surface area contributed by atoms with Crippen LogP contribution in [0, 0.1) is 28.9 Å². The Balaban J connectivity index is 3.10. The summed E-state index contributed by atoms with van der Waals surface area (Å²) in [7, 11) is 1.26. The molecular formula is C12H12N2O4. The van der Waals surface area contributed by atoms with Gasteiger partial charge in [-0.2, -0.15) is 0 Å². The normalized spacial score (nSPS) is 9.22. The molecule has 0 saturated heterocycles. The first-order valence-corrected chi connectivity index (χ1v) is 5.06. The van der Waals surface area contributed by atoms with E-state index in [0.29, 0.717) is 11.1 Å². The zero-order chi connectivity index (χ0) is 13.7. The average Bonchev–Trinajstić information content (AvgIpc) is 2.32. The highest BCUT2D eigenvalue weighted by Crippen LogP contribution is 2.26. The van der Waals surface area contributed by atoms with Gasteiger partial charge in [0.2, 0.25) is 0 Å². The van der Waals surface area contributed by atoms with Gasteiger partial charge in [-0.05, 0) is 18.6 Å². The van der Waals surface area contributed by atoms with Crippen molar-refractivity contribution in [3.05, 3.63) is 33.4 Å². The monoisotopic (exact) mass is 248 g/mol. The Labute approximate surface area is 104 Å². The van der Waals surface area contributed by atoms with E-state index in [2.05, 4.69) is 16.6 Å². The number of anilines is 1. The number of hydrogen-bond acceptors (Lipinski definition) is 5. The molecule has 0 bridgehead atoms. The van der Waals surface area contributed by atoms with Crippen molar-refractivity contribution in [3.63, 3.8) is 0 Å². The molecule has 0 aliphatic rings. The summed E-state index contributed by atoms with van der Waals surface area (Å²) in [5.41, 5.74) is 6.48. The maximum atomic E-state index is 10.9. The molecule has 1 aromatic rings. The van der Waals surface area contributed by atoms with Gasteiger partial charge in [0.15, 0.2) is 0 Å². The number of nitrogens with zero attached hydrogens (tertiary/aromatic N) is 1. The number of methoxy groups -OCH3 is 1. The van der Waals surface area contributed by atoms with E-state index in [1.807, 2.05) is 0 Å². The number of rotatable bonds is 2. The zero-order valence-corrected chi connectivity index (χ0v) is 10.0. The van der Waals surface area contributed by atoms with Gasteiger partial charge >= 0.3 is 5.97 Å². The van der Waals surface area contributed by atoms with Gasteiger partial charge in [0.05, 0.1) is 17.6 Å². The van der Waals surface area contributed by atoms with Gasteiger partial charge in [0.1, 0.15) is 12.1 Å². The highest BCUT2D eigenvalue weighted by atomic mass is 16.6. The van der Waals surface area contributed by atoms with E-state index < -0.39 is 10.9 Å². The number of nitrogens with two attached hydrogens (primary N) is 1. The predicted octanol–water partition coefficient (Wildman–Crippen LogP) is 1.40. The zero-order valence-electron chi connectivity index (χ0n) is 10.0. The van der Waals surface area contributed by atoms with Crippen molar-refractivity contribution in [2.75, 3.05) is 12.8 Å². The highest BCUT2D eigenvalue weighted by molar-refractivity contribution is 5.74. The minimum Gasteiger partial charge on any atom is -0.468 e. The van der Waals surface area contributed by atoms with Crippen LogP contribution in [-0.4, -0.2) is 18.0 Å². The van der Waals surface area contributed by atoms with Crippen molar-refractivity contribution < 1.29 is 14.5 Å².